The van der Waals surface area contributed by atoms with E-state index in [1.807, 2.05) is 0 Å². The van der Waals surface area contributed by atoms with Gasteiger partial charge in [0.25, 0.3) is 5.91 Å². The first-order valence-corrected chi connectivity index (χ1v) is 10.3. The van der Waals surface area contributed by atoms with Crippen LogP contribution in [0, 0.1) is 0 Å². The molecule has 2 aliphatic rings. The van der Waals surface area contributed by atoms with Gasteiger partial charge in [0.05, 0.1) is 12.6 Å². The van der Waals surface area contributed by atoms with E-state index in [0.29, 0.717) is 5.06 Å². The molecule has 2 aliphatic heterocycles. The lowest BCUT2D eigenvalue weighted by Gasteiger charge is -2.35. The summed E-state index contributed by atoms with van der Waals surface area (Å²) in [6.07, 6.45) is -1.28. The van der Waals surface area contributed by atoms with Crippen molar-refractivity contribution in [3.8, 4) is 0 Å². The lowest BCUT2D eigenvalue weighted by atomic mass is 10.0. The third-order valence-electron chi connectivity index (χ3n) is 4.64. The number of nitrogens with one attached hydrogen (secondary N) is 1. The lowest BCUT2D eigenvalue weighted by molar-refractivity contribution is -0.144. The van der Waals surface area contributed by atoms with Gasteiger partial charge < -0.3 is 14.9 Å². The number of urea groups is 1. The lowest BCUT2D eigenvalue weighted by Crippen LogP contribution is -2.52. The summed E-state index contributed by atoms with van der Waals surface area (Å²) in [5, 5.41) is 9.85. The van der Waals surface area contributed by atoms with E-state index in [1.165, 1.54) is 4.90 Å². The summed E-state index contributed by atoms with van der Waals surface area (Å²) in [6, 6.07) is -2.38. The standard InChI is InChI=1S/C15H26N4O9S/c1-9(7-18(14(22)23)15(2,3)4)27-16-12(20)11-6-5-10-8-17(11)13(21)19(10)28-29(24,25)26/h9-11H,5-8H2,1-4H3,(H,16,20)(H,22,23)(H,24,25,26)/t9-,10+,11-/m0/s1. The summed E-state index contributed by atoms with van der Waals surface area (Å²) in [5.41, 5.74) is 1.57. The van der Waals surface area contributed by atoms with Crippen LogP contribution in [-0.4, -0.2) is 87.8 Å². The second kappa shape index (κ2) is 8.30. The zero-order chi connectivity index (χ0) is 22.1. The van der Waals surface area contributed by atoms with Crippen molar-refractivity contribution in [3.05, 3.63) is 0 Å². The average molecular weight is 438 g/mol. The van der Waals surface area contributed by atoms with Gasteiger partial charge >= 0.3 is 22.5 Å². The number of carbonyl (C=O) groups is 3. The topological polar surface area (TPSA) is 166 Å². The number of amides is 4. The molecule has 0 radical (unpaired) electrons. The molecule has 3 atom stereocenters. The summed E-state index contributed by atoms with van der Waals surface area (Å²) < 4.78 is 34.9. The molecular weight excluding hydrogens is 412 g/mol. The van der Waals surface area contributed by atoms with Crippen molar-refractivity contribution >= 4 is 28.4 Å². The zero-order valence-corrected chi connectivity index (χ0v) is 17.4. The highest BCUT2D eigenvalue weighted by molar-refractivity contribution is 7.80. The van der Waals surface area contributed by atoms with Crippen LogP contribution in [0.1, 0.15) is 40.5 Å². The van der Waals surface area contributed by atoms with Crippen molar-refractivity contribution in [2.75, 3.05) is 13.1 Å². The first kappa shape index (κ1) is 23.1. The van der Waals surface area contributed by atoms with E-state index in [9.17, 15) is 27.9 Å². The normalized spacial score (nSPS) is 23.1. The molecule has 14 heteroatoms. The molecule has 2 heterocycles. The molecule has 0 aromatic rings. The molecule has 0 saturated carbocycles. The minimum Gasteiger partial charge on any atom is -0.465 e. The first-order chi connectivity index (χ1) is 13.2. The Bertz CT molecular complexity index is 766. The van der Waals surface area contributed by atoms with Gasteiger partial charge in [0.2, 0.25) is 0 Å². The predicted octanol–water partition coefficient (Wildman–Crippen LogP) is 0.204. The molecular formula is C15H26N4O9S. The second-order valence-corrected chi connectivity index (χ2v) is 8.97. The van der Waals surface area contributed by atoms with Crippen molar-refractivity contribution in [2.24, 2.45) is 0 Å². The third kappa shape index (κ3) is 5.68. The van der Waals surface area contributed by atoms with Crippen LogP contribution in [-0.2, 0) is 24.3 Å². The number of carboxylic acid groups (broad SMARTS) is 1. The fourth-order valence-electron chi connectivity index (χ4n) is 3.26. The first-order valence-electron chi connectivity index (χ1n) is 8.93. The van der Waals surface area contributed by atoms with Gasteiger partial charge in [0.15, 0.2) is 0 Å². The summed E-state index contributed by atoms with van der Waals surface area (Å²) in [5.74, 6) is -0.630. The number of hydrogen-bond donors (Lipinski definition) is 3. The Kier molecular flexibility index (Phi) is 6.61. The van der Waals surface area contributed by atoms with Crippen LogP contribution in [0.4, 0.5) is 9.59 Å². The highest BCUT2D eigenvalue weighted by Gasteiger charge is 2.49. The molecule has 166 valence electrons. The van der Waals surface area contributed by atoms with Gasteiger partial charge in [0.1, 0.15) is 12.1 Å². The number of hydroxylamine groups is 3. The van der Waals surface area contributed by atoms with Gasteiger partial charge in [-0.25, -0.2) is 15.1 Å². The summed E-state index contributed by atoms with van der Waals surface area (Å²) in [6.45, 7) is 6.82. The van der Waals surface area contributed by atoms with Gasteiger partial charge in [0, 0.05) is 12.1 Å². The van der Waals surface area contributed by atoms with Crippen LogP contribution in [0.15, 0.2) is 0 Å². The minimum absolute atomic E-state index is 0.00444. The number of hydrogen-bond acceptors (Lipinski definition) is 7. The van der Waals surface area contributed by atoms with Crippen LogP contribution in [0.3, 0.4) is 0 Å². The molecule has 2 fully saturated rings. The Hall–Kier alpha value is -2.16. The van der Waals surface area contributed by atoms with Crippen molar-refractivity contribution in [1.29, 1.82) is 0 Å². The van der Waals surface area contributed by atoms with Crippen molar-refractivity contribution < 1.29 is 41.6 Å². The van der Waals surface area contributed by atoms with Crippen LogP contribution >= 0.6 is 0 Å². The predicted molar refractivity (Wildman–Crippen MR) is 96.6 cm³/mol. The van der Waals surface area contributed by atoms with E-state index in [2.05, 4.69) is 9.76 Å². The number of fused-ring (bicyclic) bond motifs is 2. The Balaban J connectivity index is 1.93. The van der Waals surface area contributed by atoms with Crippen LogP contribution < -0.4 is 5.48 Å². The van der Waals surface area contributed by atoms with Gasteiger partial charge in [-0.3, -0.25) is 14.2 Å². The maximum absolute atomic E-state index is 12.5. The smallest absolute Gasteiger partial charge is 0.418 e. The molecule has 0 unspecified atom stereocenters. The van der Waals surface area contributed by atoms with E-state index in [-0.39, 0.29) is 25.9 Å². The maximum Gasteiger partial charge on any atom is 0.418 e. The zero-order valence-electron chi connectivity index (χ0n) is 16.6. The molecule has 0 spiro atoms. The Morgan fingerprint density at radius 2 is 1.97 bits per heavy atom. The monoisotopic (exact) mass is 438 g/mol. The van der Waals surface area contributed by atoms with Gasteiger partial charge in [-0.05, 0) is 40.5 Å². The van der Waals surface area contributed by atoms with E-state index in [4.69, 9.17) is 9.39 Å². The molecule has 0 aromatic heterocycles. The highest BCUT2D eigenvalue weighted by atomic mass is 32.3. The SMILES string of the molecule is C[C@@H](CN(C(=O)O)C(C)(C)C)ONC(=O)[C@@H]1CC[C@@H]2CN1C(=O)N2OS(=O)(=O)O. The highest BCUT2D eigenvalue weighted by Crippen LogP contribution is 2.30. The molecule has 0 aromatic carbocycles. The maximum atomic E-state index is 12.5. The van der Waals surface area contributed by atoms with Gasteiger partial charge in [-0.15, -0.1) is 4.28 Å². The summed E-state index contributed by atoms with van der Waals surface area (Å²) in [4.78, 5) is 43.7. The second-order valence-electron chi connectivity index (χ2n) is 7.97. The Morgan fingerprint density at radius 3 is 2.48 bits per heavy atom. The molecule has 2 saturated heterocycles. The molecule has 0 aliphatic carbocycles. The van der Waals surface area contributed by atoms with Crippen molar-refractivity contribution in [2.45, 2.75) is 64.3 Å². The summed E-state index contributed by atoms with van der Waals surface area (Å²) >= 11 is 0. The van der Waals surface area contributed by atoms with E-state index < -0.39 is 52.2 Å². The van der Waals surface area contributed by atoms with E-state index >= 15 is 0 Å². The average Bonchev–Trinajstić information content (AvgIpc) is 2.80. The quantitative estimate of drug-likeness (QED) is 0.372. The molecule has 3 N–H and O–H groups in total. The van der Waals surface area contributed by atoms with Crippen LogP contribution in [0.25, 0.3) is 0 Å². The molecule has 29 heavy (non-hydrogen) atoms. The van der Waals surface area contributed by atoms with Gasteiger partial charge in [-0.2, -0.15) is 13.5 Å². The molecule has 2 bridgehead atoms. The number of rotatable bonds is 7. The number of nitrogens with zero attached hydrogens (tertiary/aromatic N) is 3. The Labute approximate surface area is 168 Å². The number of piperidine rings is 1. The van der Waals surface area contributed by atoms with Gasteiger partial charge in [-0.1, -0.05) is 0 Å². The largest absolute Gasteiger partial charge is 0.465 e. The molecule has 4 amide bonds. The third-order valence-corrected chi connectivity index (χ3v) is 4.99. The fourth-order valence-corrected chi connectivity index (χ4v) is 3.65. The van der Waals surface area contributed by atoms with Crippen molar-refractivity contribution in [1.82, 2.24) is 20.3 Å². The minimum atomic E-state index is -4.87. The Morgan fingerprint density at radius 1 is 1.34 bits per heavy atom. The van der Waals surface area contributed by atoms with Crippen LogP contribution in [0.2, 0.25) is 0 Å². The molecule has 2 rings (SSSR count). The fraction of sp³-hybridized carbons (Fsp3) is 0.800. The van der Waals surface area contributed by atoms with Crippen LogP contribution in [0.5, 0.6) is 0 Å². The van der Waals surface area contributed by atoms with E-state index in [1.54, 1.807) is 27.7 Å². The number of carbonyl (C=O) groups excluding carboxylic acids is 2. The molecule has 13 nitrogen and oxygen atoms in total. The van der Waals surface area contributed by atoms with E-state index in [0.717, 1.165) is 4.90 Å². The van der Waals surface area contributed by atoms with Crippen molar-refractivity contribution in [3.63, 3.8) is 0 Å². The summed E-state index contributed by atoms with van der Waals surface area (Å²) in [7, 11) is -4.87.